The van der Waals surface area contributed by atoms with Gasteiger partial charge in [0, 0.05) is 0 Å². The predicted octanol–water partition coefficient (Wildman–Crippen LogP) is 0.171. The summed E-state index contributed by atoms with van der Waals surface area (Å²) < 4.78 is 37.1. The second-order valence-electron chi connectivity index (χ2n) is 3.54. The van der Waals surface area contributed by atoms with Gasteiger partial charge in [-0.05, 0) is 25.1 Å². The first-order valence-corrected chi connectivity index (χ1v) is 6.28. The number of rotatable bonds is 4. The molecule has 0 heterocycles. The number of carbonyl (C=O) groups is 2. The highest BCUT2D eigenvalue weighted by molar-refractivity contribution is 7.92. The highest BCUT2D eigenvalue weighted by atomic mass is 32.2. The summed E-state index contributed by atoms with van der Waals surface area (Å²) in [5, 5.41) is 7.02. The second-order valence-corrected chi connectivity index (χ2v) is 5.78. The van der Waals surface area contributed by atoms with E-state index >= 15 is 0 Å². The smallest absolute Gasteiger partial charge is 0.335 e. The molecule has 0 spiro atoms. The van der Waals surface area contributed by atoms with Crippen molar-refractivity contribution in [2.45, 2.75) is 17.1 Å². The standard InChI is InChI=1S/C10H10FNO5S/c1-5(9(12)13)18(16,17)8-3-2-6(10(14)15)4-7(8)11/h2-5H,1H3,(H2,12,13)(H,14,15). The zero-order valence-electron chi connectivity index (χ0n) is 9.25. The van der Waals surface area contributed by atoms with E-state index in [0.29, 0.717) is 6.07 Å². The van der Waals surface area contributed by atoms with Crippen LogP contribution in [0, 0.1) is 5.82 Å². The molecule has 98 valence electrons. The van der Waals surface area contributed by atoms with Gasteiger partial charge >= 0.3 is 5.97 Å². The lowest BCUT2D eigenvalue weighted by molar-refractivity contribution is -0.117. The first-order chi connectivity index (χ1) is 8.17. The summed E-state index contributed by atoms with van der Waals surface area (Å²) in [6.07, 6.45) is 0. The average Bonchev–Trinajstić information content (AvgIpc) is 2.27. The minimum absolute atomic E-state index is 0.391. The molecule has 0 aromatic heterocycles. The van der Waals surface area contributed by atoms with Crippen molar-refractivity contribution in [2.24, 2.45) is 5.73 Å². The Labute approximate surface area is 102 Å². The average molecular weight is 275 g/mol. The molecule has 0 fully saturated rings. The molecule has 0 bridgehead atoms. The Hall–Kier alpha value is -1.96. The zero-order valence-corrected chi connectivity index (χ0v) is 10.1. The third kappa shape index (κ3) is 2.48. The molecule has 0 aliphatic heterocycles. The summed E-state index contributed by atoms with van der Waals surface area (Å²) in [4.78, 5) is 20.6. The quantitative estimate of drug-likeness (QED) is 0.813. The number of carbonyl (C=O) groups excluding carboxylic acids is 1. The number of nitrogens with two attached hydrogens (primary N) is 1. The molecule has 1 unspecified atom stereocenters. The molecule has 1 atom stereocenters. The maximum absolute atomic E-state index is 13.5. The Balaban J connectivity index is 3.35. The van der Waals surface area contributed by atoms with Crippen molar-refractivity contribution < 1.29 is 27.5 Å². The molecule has 0 aliphatic carbocycles. The summed E-state index contributed by atoms with van der Waals surface area (Å²) in [5.74, 6) is -3.74. The van der Waals surface area contributed by atoms with Crippen molar-refractivity contribution in [1.82, 2.24) is 0 Å². The van der Waals surface area contributed by atoms with Crippen LogP contribution in [0.4, 0.5) is 4.39 Å². The largest absolute Gasteiger partial charge is 0.478 e. The Kier molecular flexibility index (Phi) is 3.70. The number of halogens is 1. The monoisotopic (exact) mass is 275 g/mol. The van der Waals surface area contributed by atoms with Crippen LogP contribution >= 0.6 is 0 Å². The Morgan fingerprint density at radius 3 is 2.33 bits per heavy atom. The lowest BCUT2D eigenvalue weighted by Crippen LogP contribution is -2.33. The van der Waals surface area contributed by atoms with E-state index in [2.05, 4.69) is 0 Å². The molecule has 6 nitrogen and oxygen atoms in total. The van der Waals surface area contributed by atoms with Gasteiger partial charge in [-0.2, -0.15) is 0 Å². The van der Waals surface area contributed by atoms with Crippen molar-refractivity contribution in [3.8, 4) is 0 Å². The van der Waals surface area contributed by atoms with E-state index in [1.807, 2.05) is 0 Å². The van der Waals surface area contributed by atoms with Crippen LogP contribution in [0.25, 0.3) is 0 Å². The number of aromatic carboxylic acids is 1. The number of hydrogen-bond donors (Lipinski definition) is 2. The van der Waals surface area contributed by atoms with Crippen LogP contribution in [0.1, 0.15) is 17.3 Å². The van der Waals surface area contributed by atoms with E-state index in [1.54, 1.807) is 0 Å². The van der Waals surface area contributed by atoms with Crippen LogP contribution in [-0.2, 0) is 14.6 Å². The van der Waals surface area contributed by atoms with Crippen molar-refractivity contribution in [1.29, 1.82) is 0 Å². The fourth-order valence-electron chi connectivity index (χ4n) is 1.21. The summed E-state index contributed by atoms with van der Waals surface area (Å²) in [7, 11) is -4.25. The highest BCUT2D eigenvalue weighted by Crippen LogP contribution is 2.20. The molecule has 0 saturated carbocycles. The van der Waals surface area contributed by atoms with Gasteiger partial charge < -0.3 is 10.8 Å². The molecule has 0 aliphatic rings. The minimum Gasteiger partial charge on any atom is -0.478 e. The normalized spacial score (nSPS) is 13.0. The molecule has 0 radical (unpaired) electrons. The van der Waals surface area contributed by atoms with Gasteiger partial charge in [0.15, 0.2) is 9.84 Å². The van der Waals surface area contributed by atoms with Gasteiger partial charge in [0.2, 0.25) is 5.91 Å². The number of hydrogen-bond acceptors (Lipinski definition) is 4. The first kappa shape index (κ1) is 14.1. The summed E-state index contributed by atoms with van der Waals surface area (Å²) in [6, 6.07) is 2.31. The molecule has 8 heteroatoms. The number of benzene rings is 1. The van der Waals surface area contributed by atoms with Crippen molar-refractivity contribution in [3.63, 3.8) is 0 Å². The highest BCUT2D eigenvalue weighted by Gasteiger charge is 2.30. The Bertz CT molecular complexity index is 611. The van der Waals surface area contributed by atoms with Crippen LogP contribution in [0.15, 0.2) is 23.1 Å². The van der Waals surface area contributed by atoms with Crippen LogP contribution in [-0.4, -0.2) is 30.7 Å². The number of sulfone groups is 1. The van der Waals surface area contributed by atoms with Gasteiger partial charge in [0.05, 0.1) is 5.56 Å². The van der Waals surface area contributed by atoms with Crippen LogP contribution in [0.5, 0.6) is 0 Å². The van der Waals surface area contributed by atoms with Crippen LogP contribution in [0.3, 0.4) is 0 Å². The third-order valence-corrected chi connectivity index (χ3v) is 4.46. The van der Waals surface area contributed by atoms with Gasteiger partial charge in [0.1, 0.15) is 16.0 Å². The number of amides is 1. The number of primary amides is 1. The van der Waals surface area contributed by atoms with Crippen LogP contribution < -0.4 is 5.73 Å². The molecule has 3 N–H and O–H groups in total. The summed E-state index contributed by atoms with van der Waals surface area (Å²) >= 11 is 0. The molecule has 18 heavy (non-hydrogen) atoms. The lowest BCUT2D eigenvalue weighted by Gasteiger charge is -2.10. The Morgan fingerprint density at radius 2 is 1.94 bits per heavy atom. The molecular weight excluding hydrogens is 265 g/mol. The second kappa shape index (κ2) is 4.73. The lowest BCUT2D eigenvalue weighted by atomic mass is 10.2. The topological polar surface area (TPSA) is 115 Å². The van der Waals surface area contributed by atoms with E-state index in [4.69, 9.17) is 10.8 Å². The van der Waals surface area contributed by atoms with E-state index in [9.17, 15) is 22.4 Å². The van der Waals surface area contributed by atoms with Crippen molar-refractivity contribution >= 4 is 21.7 Å². The van der Waals surface area contributed by atoms with Gasteiger partial charge in [0.25, 0.3) is 0 Å². The first-order valence-electron chi connectivity index (χ1n) is 4.74. The van der Waals surface area contributed by atoms with E-state index in [-0.39, 0.29) is 0 Å². The Morgan fingerprint density at radius 1 is 1.39 bits per heavy atom. The molecule has 0 saturated heterocycles. The zero-order chi connectivity index (χ0) is 14.1. The van der Waals surface area contributed by atoms with E-state index in [0.717, 1.165) is 19.1 Å². The van der Waals surface area contributed by atoms with E-state index < -0.39 is 43.2 Å². The molecule has 1 aromatic rings. The molecule has 1 amide bonds. The van der Waals surface area contributed by atoms with Gasteiger partial charge in [-0.1, -0.05) is 0 Å². The molecule has 1 aromatic carbocycles. The van der Waals surface area contributed by atoms with Crippen molar-refractivity contribution in [3.05, 3.63) is 29.6 Å². The molecular formula is C10H10FNO5S. The predicted molar refractivity (Wildman–Crippen MR) is 59.2 cm³/mol. The molecule has 1 rings (SSSR count). The summed E-state index contributed by atoms with van der Waals surface area (Å²) in [6.45, 7) is 1.03. The maximum Gasteiger partial charge on any atom is 0.335 e. The third-order valence-electron chi connectivity index (χ3n) is 2.35. The number of carboxylic acid groups (broad SMARTS) is 1. The van der Waals surface area contributed by atoms with E-state index in [1.165, 1.54) is 0 Å². The fourth-order valence-corrected chi connectivity index (χ4v) is 2.48. The number of carboxylic acids is 1. The van der Waals surface area contributed by atoms with Gasteiger partial charge in [-0.25, -0.2) is 17.6 Å². The van der Waals surface area contributed by atoms with Gasteiger partial charge in [-0.3, -0.25) is 4.79 Å². The minimum atomic E-state index is -4.25. The van der Waals surface area contributed by atoms with Crippen LogP contribution in [0.2, 0.25) is 0 Å². The van der Waals surface area contributed by atoms with Gasteiger partial charge in [-0.15, -0.1) is 0 Å². The summed E-state index contributed by atoms with van der Waals surface area (Å²) in [5.41, 5.74) is 4.46. The maximum atomic E-state index is 13.5. The van der Waals surface area contributed by atoms with Crippen molar-refractivity contribution in [2.75, 3.05) is 0 Å². The fraction of sp³-hybridized carbons (Fsp3) is 0.200. The SMILES string of the molecule is CC(C(N)=O)S(=O)(=O)c1ccc(C(=O)O)cc1F.